The summed E-state index contributed by atoms with van der Waals surface area (Å²) in [5, 5.41) is 0.761. The Morgan fingerprint density at radius 2 is 1.56 bits per heavy atom. The highest BCUT2D eigenvalue weighted by atomic mass is 35.5. The fraction of sp³-hybridized carbons (Fsp3) is 0.188. The van der Waals surface area contributed by atoms with Crippen molar-refractivity contribution in [1.29, 1.82) is 0 Å². The zero-order valence-electron chi connectivity index (χ0n) is 19.4. The Kier molecular flexibility index (Phi) is 5.51. The Labute approximate surface area is 207 Å². The molecule has 34 heavy (non-hydrogen) atoms. The molecule has 2 heteroatoms. The lowest BCUT2D eigenvalue weighted by molar-refractivity contribution is 0.642. The summed E-state index contributed by atoms with van der Waals surface area (Å²) in [6.45, 7) is 2.16. The number of anilines is 2. The number of hydrogen-bond donors (Lipinski definition) is 0. The van der Waals surface area contributed by atoms with Crippen molar-refractivity contribution in [2.75, 3.05) is 4.90 Å². The first kappa shape index (κ1) is 21.3. The minimum absolute atomic E-state index is 0.571. The highest BCUT2D eigenvalue weighted by molar-refractivity contribution is 6.30. The zero-order chi connectivity index (χ0) is 23.1. The first-order chi connectivity index (χ1) is 16.7. The lowest BCUT2D eigenvalue weighted by atomic mass is 9.93. The molecule has 1 nitrogen and oxygen atoms in total. The number of aryl methyl sites for hydroxylation is 1. The van der Waals surface area contributed by atoms with Gasteiger partial charge in [0.15, 0.2) is 0 Å². The van der Waals surface area contributed by atoms with Gasteiger partial charge in [-0.1, -0.05) is 84.2 Å². The molecule has 0 spiro atoms. The summed E-state index contributed by atoms with van der Waals surface area (Å²) in [6.07, 6.45) is 6.17. The number of fused-ring (bicyclic) bond motifs is 3. The Hall–Kier alpha value is -3.29. The summed E-state index contributed by atoms with van der Waals surface area (Å²) in [6, 6.07) is 35.4. The van der Waals surface area contributed by atoms with Crippen molar-refractivity contribution in [3.63, 3.8) is 0 Å². The predicted octanol–water partition coefficient (Wildman–Crippen LogP) is 9.03. The van der Waals surface area contributed by atoms with Crippen LogP contribution in [0.3, 0.4) is 0 Å². The average Bonchev–Trinajstić information content (AvgIpc) is 3.46. The molecule has 0 aromatic heterocycles. The Balaban J connectivity index is 1.44. The van der Waals surface area contributed by atoms with Gasteiger partial charge in [0.2, 0.25) is 0 Å². The molecule has 0 radical (unpaired) electrons. The van der Waals surface area contributed by atoms with Crippen molar-refractivity contribution in [2.24, 2.45) is 0 Å². The molecule has 6 rings (SSSR count). The molecule has 0 amide bonds. The van der Waals surface area contributed by atoms with Gasteiger partial charge in [0.05, 0.1) is 0 Å². The molecular formula is C32H28ClN. The van der Waals surface area contributed by atoms with E-state index in [1.165, 1.54) is 64.0 Å². The summed E-state index contributed by atoms with van der Waals surface area (Å²) in [7, 11) is 0. The molecule has 0 N–H and O–H groups in total. The molecule has 2 unspecified atom stereocenters. The lowest BCUT2D eigenvalue weighted by Crippen LogP contribution is -2.26. The molecule has 1 aliphatic carbocycles. The molecule has 2 aliphatic rings. The summed E-state index contributed by atoms with van der Waals surface area (Å²) < 4.78 is 0. The normalized spacial score (nSPS) is 19.2. The van der Waals surface area contributed by atoms with Crippen LogP contribution in [0.25, 0.3) is 11.6 Å². The highest BCUT2D eigenvalue weighted by Crippen LogP contribution is 2.52. The van der Waals surface area contributed by atoms with Crippen molar-refractivity contribution >= 4 is 34.6 Å². The maximum Gasteiger partial charge on any atom is 0.0450 e. The molecule has 2 atom stereocenters. The van der Waals surface area contributed by atoms with Crippen LogP contribution in [-0.2, 0) is 0 Å². The van der Waals surface area contributed by atoms with Gasteiger partial charge in [-0.15, -0.1) is 0 Å². The van der Waals surface area contributed by atoms with Gasteiger partial charge in [-0.2, -0.15) is 0 Å². The van der Waals surface area contributed by atoms with E-state index in [1.807, 2.05) is 12.1 Å². The van der Waals surface area contributed by atoms with Gasteiger partial charge in [0.1, 0.15) is 0 Å². The molecular weight excluding hydrogens is 434 g/mol. The molecule has 0 bridgehead atoms. The smallest absolute Gasteiger partial charge is 0.0450 e. The van der Waals surface area contributed by atoms with Gasteiger partial charge in [-0.3, -0.25) is 0 Å². The second kappa shape index (κ2) is 8.81. The first-order valence-electron chi connectivity index (χ1n) is 12.2. The van der Waals surface area contributed by atoms with Crippen molar-refractivity contribution in [1.82, 2.24) is 0 Å². The lowest BCUT2D eigenvalue weighted by Gasteiger charge is -2.27. The summed E-state index contributed by atoms with van der Waals surface area (Å²) in [4.78, 5) is 2.59. The standard InChI is InChI=1S/C32H28ClN/c1-22-10-17-27(18-11-22)34-31-9-5-8-28(31)30-21-23(12-19-32(30)34)20-29(24-6-3-2-4-7-24)25-13-15-26(33)16-14-25/h2-4,6-7,10-21,28,31H,5,8-9H2,1H3/b29-20+. The van der Waals surface area contributed by atoms with E-state index in [1.54, 1.807) is 0 Å². The summed E-state index contributed by atoms with van der Waals surface area (Å²) >= 11 is 6.19. The molecule has 1 heterocycles. The zero-order valence-corrected chi connectivity index (χ0v) is 20.2. The average molecular weight is 462 g/mol. The fourth-order valence-electron chi connectivity index (χ4n) is 5.75. The van der Waals surface area contributed by atoms with Gasteiger partial charge in [-0.05, 0) is 90.1 Å². The fourth-order valence-corrected chi connectivity index (χ4v) is 5.88. The van der Waals surface area contributed by atoms with E-state index < -0.39 is 0 Å². The third-order valence-electron chi connectivity index (χ3n) is 7.38. The molecule has 1 aliphatic heterocycles. The maximum absolute atomic E-state index is 6.19. The Morgan fingerprint density at radius 3 is 2.32 bits per heavy atom. The SMILES string of the molecule is Cc1ccc(N2c3ccc(/C=C(\c4ccccc4)c4ccc(Cl)cc4)cc3C3CCCC32)cc1. The van der Waals surface area contributed by atoms with E-state index in [0.717, 1.165) is 5.02 Å². The van der Waals surface area contributed by atoms with E-state index in [9.17, 15) is 0 Å². The van der Waals surface area contributed by atoms with E-state index in [-0.39, 0.29) is 0 Å². The Morgan fingerprint density at radius 1 is 0.824 bits per heavy atom. The number of hydrogen-bond acceptors (Lipinski definition) is 1. The van der Waals surface area contributed by atoms with Crippen LogP contribution >= 0.6 is 11.6 Å². The minimum Gasteiger partial charge on any atom is -0.338 e. The van der Waals surface area contributed by atoms with Crippen LogP contribution in [0.5, 0.6) is 0 Å². The van der Waals surface area contributed by atoms with Gasteiger partial charge in [0, 0.05) is 28.4 Å². The number of benzene rings is 4. The largest absolute Gasteiger partial charge is 0.338 e. The van der Waals surface area contributed by atoms with Gasteiger partial charge >= 0.3 is 0 Å². The number of halogens is 1. The summed E-state index contributed by atoms with van der Waals surface area (Å²) in [5.41, 5.74) is 10.4. The molecule has 0 saturated heterocycles. The van der Waals surface area contributed by atoms with E-state index in [0.29, 0.717) is 12.0 Å². The van der Waals surface area contributed by atoms with Gasteiger partial charge in [0.25, 0.3) is 0 Å². The second-order valence-corrected chi connectivity index (χ2v) is 10.00. The van der Waals surface area contributed by atoms with Crippen molar-refractivity contribution in [3.8, 4) is 0 Å². The van der Waals surface area contributed by atoms with Crippen LogP contribution in [0.4, 0.5) is 11.4 Å². The second-order valence-electron chi connectivity index (χ2n) is 9.56. The van der Waals surface area contributed by atoms with Crippen LogP contribution in [0.2, 0.25) is 5.02 Å². The van der Waals surface area contributed by atoms with Crippen LogP contribution in [0.1, 0.15) is 53.0 Å². The maximum atomic E-state index is 6.19. The van der Waals surface area contributed by atoms with Gasteiger partial charge < -0.3 is 4.90 Å². The highest BCUT2D eigenvalue weighted by Gasteiger charge is 2.42. The minimum atomic E-state index is 0.571. The van der Waals surface area contributed by atoms with E-state index in [4.69, 9.17) is 11.6 Å². The molecule has 1 saturated carbocycles. The number of rotatable bonds is 4. The van der Waals surface area contributed by atoms with Gasteiger partial charge in [-0.25, -0.2) is 0 Å². The van der Waals surface area contributed by atoms with Crippen LogP contribution < -0.4 is 4.90 Å². The van der Waals surface area contributed by atoms with E-state index in [2.05, 4.69) is 103 Å². The van der Waals surface area contributed by atoms with Crippen LogP contribution in [0, 0.1) is 6.92 Å². The molecule has 4 aromatic carbocycles. The third-order valence-corrected chi connectivity index (χ3v) is 7.64. The van der Waals surface area contributed by atoms with Crippen molar-refractivity contribution < 1.29 is 0 Å². The third kappa shape index (κ3) is 3.85. The molecule has 1 fully saturated rings. The number of nitrogens with zero attached hydrogens (tertiary/aromatic N) is 1. The monoisotopic (exact) mass is 461 g/mol. The van der Waals surface area contributed by atoms with Crippen molar-refractivity contribution in [3.05, 3.63) is 130 Å². The molecule has 4 aromatic rings. The summed E-state index contributed by atoms with van der Waals surface area (Å²) in [5.74, 6) is 0.611. The van der Waals surface area contributed by atoms with Crippen LogP contribution in [-0.4, -0.2) is 6.04 Å². The van der Waals surface area contributed by atoms with Crippen molar-refractivity contribution in [2.45, 2.75) is 38.1 Å². The van der Waals surface area contributed by atoms with E-state index >= 15 is 0 Å². The molecule has 168 valence electrons. The Bertz CT molecular complexity index is 1340. The predicted molar refractivity (Wildman–Crippen MR) is 145 cm³/mol. The first-order valence-corrected chi connectivity index (χ1v) is 12.6. The quantitative estimate of drug-likeness (QED) is 0.274. The topological polar surface area (TPSA) is 3.24 Å². The van der Waals surface area contributed by atoms with Crippen LogP contribution in [0.15, 0.2) is 97.1 Å².